The Hall–Kier alpha value is -3.16. The highest BCUT2D eigenvalue weighted by Gasteiger charge is 2.35. The number of carbonyl (C=O) groups is 1. The number of urea groups is 1. The van der Waals surface area contributed by atoms with Gasteiger partial charge in [-0.15, -0.1) is 0 Å². The van der Waals surface area contributed by atoms with Crippen LogP contribution in [0, 0.1) is 6.92 Å². The third-order valence-electron chi connectivity index (χ3n) is 5.50. The molecule has 8 heteroatoms. The average Bonchev–Trinajstić information content (AvgIpc) is 3.26. The summed E-state index contributed by atoms with van der Waals surface area (Å²) in [6.07, 6.45) is 0.712. The normalized spacial score (nSPS) is 16.4. The van der Waals surface area contributed by atoms with E-state index in [2.05, 4.69) is 15.5 Å². The van der Waals surface area contributed by atoms with Crippen molar-refractivity contribution in [2.24, 2.45) is 0 Å². The molecule has 1 aliphatic rings. The van der Waals surface area contributed by atoms with Crippen LogP contribution in [0.3, 0.4) is 0 Å². The number of allylic oxidation sites excluding steroid dienone is 1. The number of carbonyl (C=O) groups excluding carboxylic acids is 1. The van der Waals surface area contributed by atoms with E-state index in [1.54, 1.807) is 24.1 Å². The third kappa shape index (κ3) is 4.54. The molecular formula is C24H25ClN4O3. The van der Waals surface area contributed by atoms with Crippen LogP contribution in [0.5, 0.6) is 0 Å². The standard InChI is InChI=1S/C24H25ClN4O3/c1-15-5-7-17(8-6-15)21-20(16(2)29(24(30)26-21)13-4-14-31-3)23-27-22(28-32-23)18-9-11-19(25)12-10-18/h5-12,21H,4,13-14H2,1-3H3,(H,26,30). The summed E-state index contributed by atoms with van der Waals surface area (Å²) in [4.78, 5) is 19.3. The molecule has 3 aromatic rings. The zero-order valence-corrected chi connectivity index (χ0v) is 19.0. The first-order valence-electron chi connectivity index (χ1n) is 10.4. The summed E-state index contributed by atoms with van der Waals surface area (Å²) in [5.74, 6) is 0.831. The second kappa shape index (κ2) is 9.54. The van der Waals surface area contributed by atoms with Crippen LogP contribution >= 0.6 is 11.6 Å². The smallest absolute Gasteiger partial charge is 0.322 e. The molecule has 0 aliphatic carbocycles. The van der Waals surface area contributed by atoms with Crippen molar-refractivity contribution < 1.29 is 14.1 Å². The van der Waals surface area contributed by atoms with Gasteiger partial charge in [0, 0.05) is 36.5 Å². The number of nitrogens with zero attached hydrogens (tertiary/aromatic N) is 3. The fourth-order valence-corrected chi connectivity index (χ4v) is 3.88. The monoisotopic (exact) mass is 452 g/mol. The van der Waals surface area contributed by atoms with Crippen molar-refractivity contribution in [1.82, 2.24) is 20.4 Å². The summed E-state index contributed by atoms with van der Waals surface area (Å²) in [6.45, 7) is 5.02. The van der Waals surface area contributed by atoms with E-state index in [4.69, 9.17) is 20.9 Å². The van der Waals surface area contributed by atoms with Crippen LogP contribution in [-0.2, 0) is 4.74 Å². The Morgan fingerprint density at radius 3 is 2.53 bits per heavy atom. The maximum absolute atomic E-state index is 12.9. The van der Waals surface area contributed by atoms with E-state index in [0.717, 1.165) is 28.0 Å². The Morgan fingerprint density at radius 1 is 1.12 bits per heavy atom. The van der Waals surface area contributed by atoms with Crippen LogP contribution in [0.25, 0.3) is 17.0 Å². The fraction of sp³-hybridized carbons (Fsp3) is 0.292. The molecule has 1 aliphatic heterocycles. The lowest BCUT2D eigenvalue weighted by Gasteiger charge is -2.35. The SMILES string of the molecule is COCCCN1C(=O)NC(c2ccc(C)cc2)C(c2nc(-c3ccc(Cl)cc3)no2)=C1C. The molecule has 1 aromatic heterocycles. The van der Waals surface area contributed by atoms with E-state index in [-0.39, 0.29) is 6.03 Å². The predicted molar refractivity (Wildman–Crippen MR) is 123 cm³/mol. The number of aromatic nitrogens is 2. The molecule has 1 unspecified atom stereocenters. The van der Waals surface area contributed by atoms with E-state index in [0.29, 0.717) is 36.3 Å². The molecule has 2 aromatic carbocycles. The van der Waals surface area contributed by atoms with Crippen LogP contribution in [0.1, 0.15) is 36.4 Å². The number of hydrogen-bond donors (Lipinski definition) is 1. The molecule has 0 radical (unpaired) electrons. The Balaban J connectivity index is 1.76. The molecule has 32 heavy (non-hydrogen) atoms. The fourth-order valence-electron chi connectivity index (χ4n) is 3.75. The molecule has 1 atom stereocenters. The van der Waals surface area contributed by atoms with Crippen molar-refractivity contribution in [1.29, 1.82) is 0 Å². The zero-order valence-electron chi connectivity index (χ0n) is 18.3. The Labute approximate surface area is 192 Å². The van der Waals surface area contributed by atoms with E-state index in [9.17, 15) is 4.79 Å². The lowest BCUT2D eigenvalue weighted by atomic mass is 9.94. The van der Waals surface area contributed by atoms with Gasteiger partial charge in [-0.25, -0.2) is 4.79 Å². The van der Waals surface area contributed by atoms with Crippen LogP contribution in [0.4, 0.5) is 4.79 Å². The maximum atomic E-state index is 12.9. The first-order chi connectivity index (χ1) is 15.5. The van der Waals surface area contributed by atoms with E-state index in [1.165, 1.54) is 0 Å². The van der Waals surface area contributed by atoms with Crippen LogP contribution < -0.4 is 5.32 Å². The first kappa shape index (κ1) is 22.0. The van der Waals surface area contributed by atoms with Gasteiger partial charge in [0.25, 0.3) is 5.89 Å². The predicted octanol–water partition coefficient (Wildman–Crippen LogP) is 5.23. The van der Waals surface area contributed by atoms with E-state index >= 15 is 0 Å². The molecule has 0 bridgehead atoms. The maximum Gasteiger partial charge on any atom is 0.322 e. The highest BCUT2D eigenvalue weighted by Crippen LogP contribution is 2.37. The van der Waals surface area contributed by atoms with Crippen molar-refractivity contribution in [2.45, 2.75) is 26.3 Å². The molecule has 2 amide bonds. The van der Waals surface area contributed by atoms with Gasteiger partial charge in [0.15, 0.2) is 0 Å². The Bertz CT molecular complexity index is 1120. The second-order valence-corrected chi connectivity index (χ2v) is 8.16. The summed E-state index contributed by atoms with van der Waals surface area (Å²) >= 11 is 6.00. The molecule has 0 spiro atoms. The molecule has 1 N–H and O–H groups in total. The van der Waals surface area contributed by atoms with Gasteiger partial charge >= 0.3 is 6.03 Å². The molecular weight excluding hydrogens is 428 g/mol. The van der Waals surface area contributed by atoms with E-state index in [1.807, 2.05) is 50.2 Å². The summed E-state index contributed by atoms with van der Waals surface area (Å²) in [7, 11) is 1.65. The minimum Gasteiger partial charge on any atom is -0.385 e. The summed E-state index contributed by atoms with van der Waals surface area (Å²) in [5, 5.41) is 7.92. The highest BCUT2D eigenvalue weighted by atomic mass is 35.5. The number of methoxy groups -OCH3 is 1. The third-order valence-corrected chi connectivity index (χ3v) is 5.75. The summed E-state index contributed by atoms with van der Waals surface area (Å²) < 4.78 is 10.8. The minimum atomic E-state index is -0.403. The number of benzene rings is 2. The zero-order chi connectivity index (χ0) is 22.7. The number of aryl methyl sites for hydroxylation is 1. The summed E-state index contributed by atoms with van der Waals surface area (Å²) in [5.41, 5.74) is 4.44. The van der Waals surface area contributed by atoms with E-state index < -0.39 is 6.04 Å². The van der Waals surface area contributed by atoms with Crippen molar-refractivity contribution in [3.63, 3.8) is 0 Å². The highest BCUT2D eigenvalue weighted by molar-refractivity contribution is 6.30. The van der Waals surface area contributed by atoms with Gasteiger partial charge in [0.05, 0.1) is 11.6 Å². The van der Waals surface area contributed by atoms with Crippen molar-refractivity contribution >= 4 is 23.2 Å². The van der Waals surface area contributed by atoms with Gasteiger partial charge < -0.3 is 14.6 Å². The van der Waals surface area contributed by atoms with Gasteiger partial charge in [-0.1, -0.05) is 46.6 Å². The average molecular weight is 453 g/mol. The van der Waals surface area contributed by atoms with Crippen molar-refractivity contribution in [2.75, 3.05) is 20.3 Å². The Morgan fingerprint density at radius 2 is 1.84 bits per heavy atom. The molecule has 166 valence electrons. The van der Waals surface area contributed by atoms with Gasteiger partial charge in [-0.3, -0.25) is 4.90 Å². The first-order valence-corrected chi connectivity index (χ1v) is 10.8. The molecule has 0 saturated carbocycles. The number of halogens is 1. The second-order valence-electron chi connectivity index (χ2n) is 7.72. The number of hydrogen-bond acceptors (Lipinski definition) is 5. The largest absolute Gasteiger partial charge is 0.385 e. The van der Waals surface area contributed by atoms with Gasteiger partial charge in [-0.05, 0) is 50.1 Å². The number of ether oxygens (including phenoxy) is 1. The number of nitrogens with one attached hydrogen (secondary N) is 1. The quantitative estimate of drug-likeness (QED) is 0.496. The van der Waals surface area contributed by atoms with Gasteiger partial charge in [0.1, 0.15) is 0 Å². The number of rotatable bonds is 7. The van der Waals surface area contributed by atoms with Crippen molar-refractivity contribution in [3.05, 3.63) is 76.3 Å². The molecule has 7 nitrogen and oxygen atoms in total. The van der Waals surface area contributed by atoms with Crippen LogP contribution in [0.2, 0.25) is 5.02 Å². The topological polar surface area (TPSA) is 80.5 Å². The molecule has 4 rings (SSSR count). The molecule has 0 fully saturated rings. The number of amides is 2. The molecule has 0 saturated heterocycles. The van der Waals surface area contributed by atoms with Crippen molar-refractivity contribution in [3.8, 4) is 11.4 Å². The molecule has 2 heterocycles. The van der Waals surface area contributed by atoms with Crippen LogP contribution in [-0.4, -0.2) is 41.3 Å². The van der Waals surface area contributed by atoms with Gasteiger partial charge in [0.2, 0.25) is 5.82 Å². The minimum absolute atomic E-state index is 0.162. The lowest BCUT2D eigenvalue weighted by Crippen LogP contribution is -2.46. The lowest BCUT2D eigenvalue weighted by molar-refractivity contribution is 0.174. The van der Waals surface area contributed by atoms with Gasteiger partial charge in [-0.2, -0.15) is 4.98 Å². The van der Waals surface area contributed by atoms with Crippen LogP contribution in [0.15, 0.2) is 58.8 Å². The Kier molecular flexibility index (Phi) is 6.58. The summed E-state index contributed by atoms with van der Waals surface area (Å²) in [6, 6.07) is 14.7.